The summed E-state index contributed by atoms with van der Waals surface area (Å²) in [6, 6.07) is 13.7. The first-order valence-electron chi connectivity index (χ1n) is 6.76. The van der Waals surface area contributed by atoms with E-state index in [0.717, 1.165) is 12.0 Å². The summed E-state index contributed by atoms with van der Waals surface area (Å²) in [7, 11) is 0. The Morgan fingerprint density at radius 2 is 1.95 bits per heavy atom. The second-order valence-corrected chi connectivity index (χ2v) is 5.07. The van der Waals surface area contributed by atoms with Crippen molar-refractivity contribution in [3.63, 3.8) is 0 Å². The second kappa shape index (κ2) is 6.24. The number of hydrogen-bond donors (Lipinski definition) is 2. The Morgan fingerprint density at radius 1 is 1.15 bits per heavy atom. The van der Waals surface area contributed by atoms with Crippen LogP contribution in [-0.2, 0) is 6.42 Å². The highest BCUT2D eigenvalue weighted by Gasteiger charge is 2.06. The molecule has 2 aromatic carbocycles. The summed E-state index contributed by atoms with van der Waals surface area (Å²) in [4.78, 5) is 12.0. The monoisotopic (exact) mass is 268 g/mol. The average Bonchev–Trinajstić information content (AvgIpc) is 2.42. The molecule has 0 saturated heterocycles. The van der Waals surface area contributed by atoms with Gasteiger partial charge in [-0.2, -0.15) is 0 Å². The van der Waals surface area contributed by atoms with Crippen molar-refractivity contribution in [2.24, 2.45) is 0 Å². The Bertz CT molecular complexity index is 620. The normalized spacial score (nSPS) is 10.3. The molecule has 0 unspecified atom stereocenters. The van der Waals surface area contributed by atoms with Crippen LogP contribution in [0.25, 0.3) is 0 Å². The third kappa shape index (κ3) is 3.60. The van der Waals surface area contributed by atoms with Gasteiger partial charge in [-0.3, -0.25) is 4.79 Å². The van der Waals surface area contributed by atoms with Gasteiger partial charge in [0.25, 0.3) is 5.91 Å². The van der Waals surface area contributed by atoms with Crippen molar-refractivity contribution < 1.29 is 4.79 Å². The van der Waals surface area contributed by atoms with Crippen LogP contribution in [-0.4, -0.2) is 12.5 Å². The SMILES string of the molecule is Cc1cccc(CCNC(=O)c2ccc(C)c(N)c2)c1. The summed E-state index contributed by atoms with van der Waals surface area (Å²) >= 11 is 0. The van der Waals surface area contributed by atoms with E-state index in [1.165, 1.54) is 11.1 Å². The van der Waals surface area contributed by atoms with Gasteiger partial charge in [0.05, 0.1) is 0 Å². The summed E-state index contributed by atoms with van der Waals surface area (Å²) in [5.41, 5.74) is 10.5. The summed E-state index contributed by atoms with van der Waals surface area (Å²) < 4.78 is 0. The Kier molecular flexibility index (Phi) is 4.41. The first-order chi connectivity index (χ1) is 9.56. The topological polar surface area (TPSA) is 55.1 Å². The highest BCUT2D eigenvalue weighted by atomic mass is 16.1. The molecular formula is C17H20N2O. The Hall–Kier alpha value is -2.29. The number of nitrogens with two attached hydrogens (primary N) is 1. The number of aryl methyl sites for hydroxylation is 2. The van der Waals surface area contributed by atoms with E-state index in [2.05, 4.69) is 30.4 Å². The van der Waals surface area contributed by atoms with E-state index in [0.29, 0.717) is 17.8 Å². The fourth-order valence-corrected chi connectivity index (χ4v) is 2.07. The van der Waals surface area contributed by atoms with Crippen molar-refractivity contribution in [3.8, 4) is 0 Å². The molecule has 3 N–H and O–H groups in total. The lowest BCUT2D eigenvalue weighted by molar-refractivity contribution is 0.0954. The van der Waals surface area contributed by atoms with E-state index in [4.69, 9.17) is 5.73 Å². The number of benzene rings is 2. The largest absolute Gasteiger partial charge is 0.398 e. The van der Waals surface area contributed by atoms with E-state index in [1.807, 2.05) is 19.1 Å². The Morgan fingerprint density at radius 3 is 2.65 bits per heavy atom. The molecule has 0 aromatic heterocycles. The quantitative estimate of drug-likeness (QED) is 0.838. The predicted octanol–water partition coefficient (Wildman–Crippen LogP) is 2.86. The Balaban J connectivity index is 1.90. The van der Waals surface area contributed by atoms with Crippen LogP contribution in [0.3, 0.4) is 0 Å². The molecule has 20 heavy (non-hydrogen) atoms. The Labute approximate surface area is 119 Å². The fraction of sp³-hybridized carbons (Fsp3) is 0.235. The van der Waals surface area contributed by atoms with Gasteiger partial charge in [-0.15, -0.1) is 0 Å². The molecule has 0 radical (unpaired) electrons. The third-order valence-corrected chi connectivity index (χ3v) is 3.32. The van der Waals surface area contributed by atoms with E-state index in [-0.39, 0.29) is 5.91 Å². The summed E-state index contributed by atoms with van der Waals surface area (Å²) in [5.74, 6) is -0.0793. The summed E-state index contributed by atoms with van der Waals surface area (Å²) in [6.07, 6.45) is 0.828. The maximum Gasteiger partial charge on any atom is 0.251 e. The van der Waals surface area contributed by atoms with Gasteiger partial charge in [0.2, 0.25) is 0 Å². The lowest BCUT2D eigenvalue weighted by Crippen LogP contribution is -2.25. The van der Waals surface area contributed by atoms with Crippen LogP contribution in [0, 0.1) is 13.8 Å². The van der Waals surface area contributed by atoms with Crippen molar-refractivity contribution in [3.05, 3.63) is 64.7 Å². The van der Waals surface area contributed by atoms with E-state index >= 15 is 0 Å². The number of carbonyl (C=O) groups excluding carboxylic acids is 1. The van der Waals surface area contributed by atoms with Crippen LogP contribution in [0.5, 0.6) is 0 Å². The standard InChI is InChI=1S/C17H20N2O/c1-12-4-3-5-14(10-12)8-9-19-17(20)15-7-6-13(2)16(18)11-15/h3-7,10-11H,8-9,18H2,1-2H3,(H,19,20). The molecule has 0 bridgehead atoms. The minimum Gasteiger partial charge on any atom is -0.398 e. The molecule has 2 rings (SSSR count). The molecule has 0 aliphatic rings. The van der Waals surface area contributed by atoms with Crippen molar-refractivity contribution in [2.75, 3.05) is 12.3 Å². The van der Waals surface area contributed by atoms with Crippen LogP contribution in [0.4, 0.5) is 5.69 Å². The van der Waals surface area contributed by atoms with Gasteiger partial charge in [0.1, 0.15) is 0 Å². The van der Waals surface area contributed by atoms with Gasteiger partial charge in [-0.1, -0.05) is 35.9 Å². The minimum absolute atomic E-state index is 0.0793. The van der Waals surface area contributed by atoms with E-state index < -0.39 is 0 Å². The number of hydrogen-bond acceptors (Lipinski definition) is 2. The lowest BCUT2D eigenvalue weighted by Gasteiger charge is -2.07. The van der Waals surface area contributed by atoms with Crippen molar-refractivity contribution in [1.82, 2.24) is 5.32 Å². The summed E-state index contributed by atoms with van der Waals surface area (Å²) in [6.45, 7) is 4.61. The number of nitrogens with one attached hydrogen (secondary N) is 1. The molecule has 104 valence electrons. The van der Waals surface area contributed by atoms with Crippen molar-refractivity contribution in [2.45, 2.75) is 20.3 Å². The molecule has 0 fully saturated rings. The number of carbonyl (C=O) groups is 1. The van der Waals surface area contributed by atoms with Crippen LogP contribution in [0.15, 0.2) is 42.5 Å². The number of nitrogen functional groups attached to an aromatic ring is 1. The minimum atomic E-state index is -0.0793. The van der Waals surface area contributed by atoms with E-state index in [1.54, 1.807) is 12.1 Å². The number of rotatable bonds is 4. The zero-order chi connectivity index (χ0) is 14.5. The molecule has 0 aliphatic carbocycles. The van der Waals surface area contributed by atoms with Crippen LogP contribution in [0.1, 0.15) is 27.0 Å². The number of anilines is 1. The van der Waals surface area contributed by atoms with Gasteiger partial charge >= 0.3 is 0 Å². The molecule has 1 amide bonds. The molecular weight excluding hydrogens is 248 g/mol. The highest BCUT2D eigenvalue weighted by Crippen LogP contribution is 2.12. The highest BCUT2D eigenvalue weighted by molar-refractivity contribution is 5.95. The molecule has 0 heterocycles. The van der Waals surface area contributed by atoms with Crippen LogP contribution < -0.4 is 11.1 Å². The molecule has 0 atom stereocenters. The van der Waals surface area contributed by atoms with Gasteiger partial charge < -0.3 is 11.1 Å². The van der Waals surface area contributed by atoms with Crippen molar-refractivity contribution >= 4 is 11.6 Å². The third-order valence-electron chi connectivity index (χ3n) is 3.32. The molecule has 2 aromatic rings. The first kappa shape index (κ1) is 14.1. The smallest absolute Gasteiger partial charge is 0.251 e. The van der Waals surface area contributed by atoms with Gasteiger partial charge in [-0.25, -0.2) is 0 Å². The lowest BCUT2D eigenvalue weighted by atomic mass is 10.1. The zero-order valence-electron chi connectivity index (χ0n) is 11.9. The van der Waals surface area contributed by atoms with Gasteiger partial charge in [-0.05, 0) is 43.5 Å². The zero-order valence-corrected chi connectivity index (χ0v) is 11.9. The maximum absolute atomic E-state index is 12.0. The molecule has 0 spiro atoms. The predicted molar refractivity (Wildman–Crippen MR) is 82.8 cm³/mol. The van der Waals surface area contributed by atoms with Crippen molar-refractivity contribution in [1.29, 1.82) is 0 Å². The van der Waals surface area contributed by atoms with Crippen LogP contribution >= 0.6 is 0 Å². The van der Waals surface area contributed by atoms with Gasteiger partial charge in [0.15, 0.2) is 0 Å². The maximum atomic E-state index is 12.0. The first-order valence-corrected chi connectivity index (χ1v) is 6.76. The fourth-order valence-electron chi connectivity index (χ4n) is 2.07. The molecule has 0 saturated carbocycles. The molecule has 3 nitrogen and oxygen atoms in total. The second-order valence-electron chi connectivity index (χ2n) is 5.07. The van der Waals surface area contributed by atoms with E-state index in [9.17, 15) is 4.79 Å². The average molecular weight is 268 g/mol. The molecule has 0 aliphatic heterocycles. The van der Waals surface area contributed by atoms with Crippen LogP contribution in [0.2, 0.25) is 0 Å². The number of amides is 1. The van der Waals surface area contributed by atoms with Gasteiger partial charge in [0, 0.05) is 17.8 Å². The molecule has 3 heteroatoms. The summed E-state index contributed by atoms with van der Waals surface area (Å²) in [5, 5.41) is 2.92.